The van der Waals surface area contributed by atoms with Crippen LogP contribution in [0.4, 0.5) is 4.79 Å². The van der Waals surface area contributed by atoms with Crippen LogP contribution in [0, 0.1) is 35.5 Å². The van der Waals surface area contributed by atoms with Gasteiger partial charge in [0.1, 0.15) is 0 Å². The molecular weight excluding hydrogens is 248 g/mol. The third-order valence-electron chi connectivity index (χ3n) is 6.78. The Bertz CT molecular complexity index is 377. The van der Waals surface area contributed by atoms with Crippen molar-refractivity contribution in [2.45, 2.75) is 51.4 Å². The van der Waals surface area contributed by atoms with Gasteiger partial charge in [0.2, 0.25) is 0 Å². The molecule has 20 heavy (non-hydrogen) atoms. The maximum Gasteiger partial charge on any atom is 0.314 e. The summed E-state index contributed by atoms with van der Waals surface area (Å²) in [6, 6.07) is 0.0669. The molecule has 3 heteroatoms. The van der Waals surface area contributed by atoms with Gasteiger partial charge in [0.05, 0.1) is 0 Å². The van der Waals surface area contributed by atoms with Gasteiger partial charge in [-0.05, 0) is 80.5 Å². The van der Waals surface area contributed by atoms with Crippen LogP contribution in [-0.2, 0) is 0 Å². The van der Waals surface area contributed by atoms with Gasteiger partial charge in [-0.15, -0.1) is 0 Å². The molecule has 4 unspecified atom stereocenters. The number of urea groups is 1. The summed E-state index contributed by atoms with van der Waals surface area (Å²) in [5, 5.41) is 6.16. The van der Waals surface area contributed by atoms with Gasteiger partial charge in [-0.2, -0.15) is 0 Å². The second-order valence-corrected chi connectivity index (χ2v) is 7.95. The summed E-state index contributed by atoms with van der Waals surface area (Å²) in [5.41, 5.74) is 0. The predicted octanol–water partition coefficient (Wildman–Crippen LogP) is 3.16. The van der Waals surface area contributed by atoms with E-state index in [4.69, 9.17) is 0 Å². The molecular formula is C17H28N2O. The maximum absolute atomic E-state index is 11.8. The fraction of sp³-hybridized carbons (Fsp3) is 0.941. The minimum Gasteiger partial charge on any atom is -0.338 e. The molecule has 2 amide bonds. The van der Waals surface area contributed by atoms with Gasteiger partial charge < -0.3 is 10.6 Å². The average molecular weight is 276 g/mol. The first kappa shape index (κ1) is 13.0. The molecule has 4 atom stereocenters. The SMILES string of the molecule is O=C(NCCC1CC2CCC1C2)NCC1CC2CC1C2. The van der Waals surface area contributed by atoms with Crippen LogP contribution in [0.1, 0.15) is 51.4 Å². The van der Waals surface area contributed by atoms with Gasteiger partial charge in [0.25, 0.3) is 0 Å². The van der Waals surface area contributed by atoms with Crippen molar-refractivity contribution in [3.05, 3.63) is 0 Å². The highest BCUT2D eigenvalue weighted by molar-refractivity contribution is 5.73. The van der Waals surface area contributed by atoms with Crippen molar-refractivity contribution in [2.75, 3.05) is 13.1 Å². The number of nitrogens with one attached hydrogen (secondary N) is 2. The first-order chi connectivity index (χ1) is 9.78. The Labute approximate surface area is 122 Å². The van der Waals surface area contributed by atoms with Crippen LogP contribution in [0.5, 0.6) is 0 Å². The second-order valence-electron chi connectivity index (χ2n) is 7.95. The average Bonchev–Trinajstić information content (AvgIpc) is 3.14. The highest BCUT2D eigenvalue weighted by Crippen LogP contribution is 2.52. The van der Waals surface area contributed by atoms with Crippen LogP contribution in [0.2, 0.25) is 0 Å². The van der Waals surface area contributed by atoms with Gasteiger partial charge >= 0.3 is 6.03 Å². The zero-order chi connectivity index (χ0) is 13.5. The maximum atomic E-state index is 11.8. The van der Waals surface area contributed by atoms with Gasteiger partial charge in [-0.25, -0.2) is 4.79 Å². The van der Waals surface area contributed by atoms with E-state index in [1.807, 2.05) is 0 Å². The van der Waals surface area contributed by atoms with E-state index in [-0.39, 0.29) is 6.03 Å². The molecule has 0 aliphatic heterocycles. The number of fused-ring (bicyclic) bond motifs is 3. The van der Waals surface area contributed by atoms with E-state index < -0.39 is 0 Å². The first-order valence-corrected chi connectivity index (χ1v) is 8.79. The molecule has 5 rings (SSSR count). The molecule has 5 fully saturated rings. The molecule has 0 heterocycles. The number of rotatable bonds is 5. The Morgan fingerprint density at radius 3 is 2.30 bits per heavy atom. The quantitative estimate of drug-likeness (QED) is 0.795. The Morgan fingerprint density at radius 1 is 0.850 bits per heavy atom. The molecule has 5 aliphatic carbocycles. The van der Waals surface area contributed by atoms with Crippen LogP contribution in [-0.4, -0.2) is 19.1 Å². The van der Waals surface area contributed by atoms with Crippen molar-refractivity contribution in [1.29, 1.82) is 0 Å². The number of carbonyl (C=O) groups excluding carboxylic acids is 1. The minimum absolute atomic E-state index is 0.0669. The predicted molar refractivity (Wildman–Crippen MR) is 79.3 cm³/mol. The van der Waals surface area contributed by atoms with Crippen LogP contribution >= 0.6 is 0 Å². The summed E-state index contributed by atoms with van der Waals surface area (Å²) < 4.78 is 0. The van der Waals surface area contributed by atoms with Gasteiger partial charge in [-0.1, -0.05) is 6.42 Å². The van der Waals surface area contributed by atoms with E-state index in [9.17, 15) is 4.79 Å². The summed E-state index contributed by atoms with van der Waals surface area (Å²) in [5.74, 6) is 5.59. The van der Waals surface area contributed by atoms with E-state index in [1.165, 1.54) is 51.4 Å². The van der Waals surface area contributed by atoms with Gasteiger partial charge in [-0.3, -0.25) is 0 Å². The van der Waals surface area contributed by atoms with Crippen molar-refractivity contribution in [2.24, 2.45) is 35.5 Å². The van der Waals surface area contributed by atoms with Crippen molar-refractivity contribution >= 4 is 6.03 Å². The van der Waals surface area contributed by atoms with E-state index >= 15 is 0 Å². The van der Waals surface area contributed by atoms with Crippen LogP contribution in [0.25, 0.3) is 0 Å². The molecule has 0 aromatic rings. The Kier molecular flexibility index (Phi) is 3.39. The lowest BCUT2D eigenvalue weighted by atomic mass is 9.82. The number of hydrogen-bond donors (Lipinski definition) is 2. The topological polar surface area (TPSA) is 41.1 Å². The number of carbonyl (C=O) groups is 1. The molecule has 0 radical (unpaired) electrons. The van der Waals surface area contributed by atoms with Crippen molar-refractivity contribution in [1.82, 2.24) is 10.6 Å². The number of hydrogen-bond acceptors (Lipinski definition) is 1. The summed E-state index contributed by atoms with van der Waals surface area (Å²) >= 11 is 0. The van der Waals surface area contributed by atoms with E-state index in [1.54, 1.807) is 0 Å². The van der Waals surface area contributed by atoms with Crippen molar-refractivity contribution < 1.29 is 4.79 Å². The monoisotopic (exact) mass is 276 g/mol. The number of amides is 2. The summed E-state index contributed by atoms with van der Waals surface area (Å²) in [4.78, 5) is 11.8. The van der Waals surface area contributed by atoms with Crippen molar-refractivity contribution in [3.8, 4) is 0 Å². The Balaban J connectivity index is 1.11. The van der Waals surface area contributed by atoms with Crippen molar-refractivity contribution in [3.63, 3.8) is 0 Å². The zero-order valence-electron chi connectivity index (χ0n) is 12.4. The Hall–Kier alpha value is -0.730. The molecule has 5 aliphatic rings. The fourth-order valence-electron chi connectivity index (χ4n) is 5.62. The smallest absolute Gasteiger partial charge is 0.314 e. The summed E-state index contributed by atoms with van der Waals surface area (Å²) in [7, 11) is 0. The third kappa shape index (κ3) is 2.44. The lowest BCUT2D eigenvalue weighted by Gasteiger charge is -2.24. The zero-order valence-corrected chi connectivity index (χ0v) is 12.4. The fourth-order valence-corrected chi connectivity index (χ4v) is 5.62. The normalized spacial score (nSPS) is 44.4. The van der Waals surface area contributed by atoms with Crippen LogP contribution in [0.15, 0.2) is 0 Å². The summed E-state index contributed by atoms with van der Waals surface area (Å²) in [6.07, 6.45) is 11.2. The Morgan fingerprint density at radius 2 is 1.65 bits per heavy atom. The molecule has 2 N–H and O–H groups in total. The van der Waals surface area contributed by atoms with Crippen LogP contribution < -0.4 is 10.6 Å². The first-order valence-electron chi connectivity index (χ1n) is 8.79. The standard InChI is InChI=1S/C17H28N2O/c20-17(19-10-16-9-12-7-15(16)8-12)18-4-3-14-6-11-1-2-13(14)5-11/h11-16H,1-10H2,(H2,18,19,20). The third-order valence-corrected chi connectivity index (χ3v) is 6.78. The molecule has 0 spiro atoms. The molecule has 112 valence electrons. The largest absolute Gasteiger partial charge is 0.338 e. The molecule has 3 nitrogen and oxygen atoms in total. The van der Waals surface area contributed by atoms with E-state index in [0.29, 0.717) is 0 Å². The lowest BCUT2D eigenvalue weighted by Crippen LogP contribution is -2.39. The highest BCUT2D eigenvalue weighted by atomic mass is 16.2. The van der Waals surface area contributed by atoms with Gasteiger partial charge in [0.15, 0.2) is 0 Å². The second kappa shape index (κ2) is 5.23. The summed E-state index contributed by atoms with van der Waals surface area (Å²) in [6.45, 7) is 1.78. The van der Waals surface area contributed by atoms with Gasteiger partial charge in [0, 0.05) is 13.1 Å². The van der Waals surface area contributed by atoms with E-state index in [2.05, 4.69) is 10.6 Å². The van der Waals surface area contributed by atoms with Crippen LogP contribution in [0.3, 0.4) is 0 Å². The lowest BCUT2D eigenvalue weighted by molar-refractivity contribution is 0.232. The minimum atomic E-state index is 0.0669. The molecule has 0 aromatic carbocycles. The molecule has 5 saturated carbocycles. The highest BCUT2D eigenvalue weighted by Gasteiger charge is 2.43. The van der Waals surface area contributed by atoms with E-state index in [0.717, 1.165) is 48.6 Å². The molecule has 0 saturated heterocycles. The molecule has 4 bridgehead atoms. The molecule has 0 aromatic heterocycles.